The summed E-state index contributed by atoms with van der Waals surface area (Å²) in [6, 6.07) is 3.92. The summed E-state index contributed by atoms with van der Waals surface area (Å²) in [5.41, 5.74) is 2.37. The lowest BCUT2D eigenvalue weighted by atomic mass is 9.97. The fourth-order valence-electron chi connectivity index (χ4n) is 3.55. The van der Waals surface area contributed by atoms with Gasteiger partial charge in [0.05, 0.1) is 18.1 Å². The van der Waals surface area contributed by atoms with Gasteiger partial charge in [0.15, 0.2) is 5.82 Å². The summed E-state index contributed by atoms with van der Waals surface area (Å²) < 4.78 is 1.82. The number of thiophene rings is 1. The molecular formula is C19H19N7S. The number of nitrogens with one attached hydrogen (secondary N) is 1. The standard InChI is InChI=1S/C19H19N7S/c1-2-6-15-14(5-1)16-18(21-8-10-26-11-9-22-25-26)23-17(24-19(16)27-15)13-4-3-7-20-12-13/h3-4,7,9,11-12H,1-2,5-6,8,10H2,(H,21,23,24). The van der Waals surface area contributed by atoms with Gasteiger partial charge in [-0.25, -0.2) is 9.97 Å². The molecule has 1 aliphatic rings. The van der Waals surface area contributed by atoms with E-state index >= 15 is 0 Å². The molecule has 4 heterocycles. The van der Waals surface area contributed by atoms with Crippen LogP contribution in [0.1, 0.15) is 23.3 Å². The first-order valence-electron chi connectivity index (χ1n) is 9.19. The highest BCUT2D eigenvalue weighted by Crippen LogP contribution is 2.39. The van der Waals surface area contributed by atoms with Crippen molar-refractivity contribution in [1.29, 1.82) is 0 Å². The highest BCUT2D eigenvalue weighted by atomic mass is 32.1. The van der Waals surface area contributed by atoms with Crippen molar-refractivity contribution in [3.8, 4) is 11.4 Å². The Kier molecular flexibility index (Phi) is 4.25. The number of rotatable bonds is 5. The molecule has 27 heavy (non-hydrogen) atoms. The molecular weight excluding hydrogens is 358 g/mol. The molecule has 4 aromatic heterocycles. The average Bonchev–Trinajstić information content (AvgIpc) is 3.36. The first-order valence-corrected chi connectivity index (χ1v) is 10.0. The smallest absolute Gasteiger partial charge is 0.164 e. The van der Waals surface area contributed by atoms with Gasteiger partial charge < -0.3 is 5.32 Å². The number of aryl methyl sites for hydroxylation is 2. The largest absolute Gasteiger partial charge is 0.368 e. The van der Waals surface area contributed by atoms with Crippen molar-refractivity contribution in [3.63, 3.8) is 0 Å². The summed E-state index contributed by atoms with van der Waals surface area (Å²) in [5.74, 6) is 1.64. The SMILES string of the molecule is c1cncc(-c2nc(NCCn3ccnn3)c3c4c(sc3n2)CCCC4)c1. The Hall–Kier alpha value is -2.87. The van der Waals surface area contributed by atoms with Crippen LogP contribution in [0, 0.1) is 0 Å². The van der Waals surface area contributed by atoms with E-state index in [4.69, 9.17) is 9.97 Å². The molecule has 0 atom stereocenters. The monoisotopic (exact) mass is 377 g/mol. The van der Waals surface area contributed by atoms with Gasteiger partial charge in [-0.2, -0.15) is 0 Å². The van der Waals surface area contributed by atoms with E-state index in [1.807, 2.05) is 40.5 Å². The van der Waals surface area contributed by atoms with Crippen molar-refractivity contribution in [2.45, 2.75) is 32.2 Å². The van der Waals surface area contributed by atoms with Crippen molar-refractivity contribution < 1.29 is 0 Å². The highest BCUT2D eigenvalue weighted by molar-refractivity contribution is 7.19. The first-order chi connectivity index (χ1) is 13.4. The molecule has 8 heteroatoms. The van der Waals surface area contributed by atoms with Gasteiger partial charge >= 0.3 is 0 Å². The molecule has 0 aromatic carbocycles. The Morgan fingerprint density at radius 1 is 1.15 bits per heavy atom. The second-order valence-electron chi connectivity index (χ2n) is 6.62. The van der Waals surface area contributed by atoms with Gasteiger partial charge in [-0.3, -0.25) is 9.67 Å². The quantitative estimate of drug-likeness (QED) is 0.574. The Labute approximate surface area is 160 Å². The number of aromatic nitrogens is 6. The molecule has 0 amide bonds. The van der Waals surface area contributed by atoms with Gasteiger partial charge in [0.2, 0.25) is 0 Å². The van der Waals surface area contributed by atoms with Gasteiger partial charge in [0, 0.05) is 35.6 Å². The maximum absolute atomic E-state index is 4.87. The molecule has 1 aliphatic carbocycles. The van der Waals surface area contributed by atoms with E-state index in [0.29, 0.717) is 0 Å². The van der Waals surface area contributed by atoms with E-state index in [1.165, 1.54) is 28.7 Å². The summed E-state index contributed by atoms with van der Waals surface area (Å²) in [6.45, 7) is 1.46. The second kappa shape index (κ2) is 7.03. The van der Waals surface area contributed by atoms with Crippen LogP contribution >= 0.6 is 11.3 Å². The van der Waals surface area contributed by atoms with Gasteiger partial charge in [0.25, 0.3) is 0 Å². The number of anilines is 1. The van der Waals surface area contributed by atoms with E-state index in [-0.39, 0.29) is 0 Å². The van der Waals surface area contributed by atoms with Gasteiger partial charge in [-0.05, 0) is 43.4 Å². The molecule has 0 spiro atoms. The lowest BCUT2D eigenvalue weighted by molar-refractivity contribution is 0.608. The van der Waals surface area contributed by atoms with Crippen LogP contribution < -0.4 is 5.32 Å². The number of fused-ring (bicyclic) bond motifs is 3. The predicted molar refractivity (Wildman–Crippen MR) is 106 cm³/mol. The molecule has 0 fully saturated rings. The molecule has 0 radical (unpaired) electrons. The number of hydrogen-bond acceptors (Lipinski definition) is 7. The fourth-order valence-corrected chi connectivity index (χ4v) is 4.81. The van der Waals surface area contributed by atoms with Crippen molar-refractivity contribution in [1.82, 2.24) is 29.9 Å². The van der Waals surface area contributed by atoms with Crippen LogP contribution in [0.2, 0.25) is 0 Å². The normalized spacial score (nSPS) is 13.6. The van der Waals surface area contributed by atoms with E-state index in [2.05, 4.69) is 20.6 Å². The molecule has 0 aliphatic heterocycles. The Morgan fingerprint density at radius 3 is 2.96 bits per heavy atom. The van der Waals surface area contributed by atoms with Crippen molar-refractivity contribution >= 4 is 27.4 Å². The minimum atomic E-state index is 0.720. The van der Waals surface area contributed by atoms with Crippen molar-refractivity contribution in [3.05, 3.63) is 47.4 Å². The van der Waals surface area contributed by atoms with Crippen LogP contribution in [0.3, 0.4) is 0 Å². The highest BCUT2D eigenvalue weighted by Gasteiger charge is 2.21. The Bertz CT molecular complexity index is 1060. The Balaban J connectivity index is 1.55. The zero-order valence-electron chi connectivity index (χ0n) is 14.8. The summed E-state index contributed by atoms with van der Waals surface area (Å²) >= 11 is 1.81. The van der Waals surface area contributed by atoms with Crippen LogP contribution in [0.15, 0.2) is 36.9 Å². The third-order valence-electron chi connectivity index (χ3n) is 4.84. The average molecular weight is 377 g/mol. The number of nitrogens with zero attached hydrogens (tertiary/aromatic N) is 6. The number of hydrogen-bond donors (Lipinski definition) is 1. The summed E-state index contributed by atoms with van der Waals surface area (Å²) in [6.07, 6.45) is 11.9. The maximum atomic E-state index is 4.87. The van der Waals surface area contributed by atoms with Gasteiger partial charge in [-0.15, -0.1) is 16.4 Å². The minimum Gasteiger partial charge on any atom is -0.368 e. The van der Waals surface area contributed by atoms with E-state index in [9.17, 15) is 0 Å². The molecule has 1 N–H and O–H groups in total. The summed E-state index contributed by atoms with van der Waals surface area (Å²) in [7, 11) is 0. The fraction of sp³-hybridized carbons (Fsp3) is 0.316. The lowest BCUT2D eigenvalue weighted by Crippen LogP contribution is -2.13. The van der Waals surface area contributed by atoms with E-state index in [1.54, 1.807) is 12.4 Å². The van der Waals surface area contributed by atoms with Gasteiger partial charge in [0.1, 0.15) is 10.6 Å². The molecule has 0 bridgehead atoms. The first kappa shape index (κ1) is 16.3. The molecule has 0 saturated heterocycles. The third-order valence-corrected chi connectivity index (χ3v) is 6.03. The molecule has 4 aromatic rings. The Morgan fingerprint density at radius 2 is 2.11 bits per heavy atom. The maximum Gasteiger partial charge on any atom is 0.164 e. The van der Waals surface area contributed by atoms with Crippen LogP contribution in [0.4, 0.5) is 5.82 Å². The van der Waals surface area contributed by atoms with Crippen molar-refractivity contribution in [2.24, 2.45) is 0 Å². The lowest BCUT2D eigenvalue weighted by Gasteiger charge is -2.13. The zero-order chi connectivity index (χ0) is 18.1. The number of pyridine rings is 1. The molecule has 7 nitrogen and oxygen atoms in total. The topological polar surface area (TPSA) is 81.4 Å². The van der Waals surface area contributed by atoms with Crippen molar-refractivity contribution in [2.75, 3.05) is 11.9 Å². The minimum absolute atomic E-state index is 0.720. The third kappa shape index (κ3) is 3.16. The second-order valence-corrected chi connectivity index (χ2v) is 7.71. The van der Waals surface area contributed by atoms with Crippen LogP contribution in [-0.4, -0.2) is 36.5 Å². The van der Waals surface area contributed by atoms with Crippen LogP contribution in [-0.2, 0) is 19.4 Å². The summed E-state index contributed by atoms with van der Waals surface area (Å²) in [4.78, 5) is 16.5. The zero-order valence-corrected chi connectivity index (χ0v) is 15.6. The molecule has 136 valence electrons. The molecule has 0 unspecified atom stereocenters. The molecule has 0 saturated carbocycles. The van der Waals surface area contributed by atoms with Crippen LogP contribution in [0.5, 0.6) is 0 Å². The van der Waals surface area contributed by atoms with E-state index < -0.39 is 0 Å². The van der Waals surface area contributed by atoms with Gasteiger partial charge in [-0.1, -0.05) is 5.21 Å². The molecule has 5 rings (SSSR count). The van der Waals surface area contributed by atoms with Crippen LogP contribution in [0.25, 0.3) is 21.6 Å². The predicted octanol–water partition coefficient (Wildman–Crippen LogP) is 3.34. The van der Waals surface area contributed by atoms with E-state index in [0.717, 1.165) is 48.0 Å². The summed E-state index contributed by atoms with van der Waals surface area (Å²) in [5, 5.41) is 12.6.